The summed E-state index contributed by atoms with van der Waals surface area (Å²) in [6.45, 7) is 5.88. The number of benzene rings is 2. The van der Waals surface area contributed by atoms with Gasteiger partial charge in [0.25, 0.3) is 0 Å². The third-order valence-corrected chi connectivity index (χ3v) is 8.73. The fraction of sp³-hybridized carbons (Fsp3) is 0.462. The number of anilines is 1. The zero-order chi connectivity index (χ0) is 23.7. The van der Waals surface area contributed by atoms with Gasteiger partial charge in [0.05, 0.1) is 24.2 Å². The van der Waals surface area contributed by atoms with E-state index in [-0.39, 0.29) is 6.10 Å². The van der Waals surface area contributed by atoms with Crippen molar-refractivity contribution in [2.45, 2.75) is 37.2 Å². The van der Waals surface area contributed by atoms with E-state index in [1.165, 1.54) is 5.56 Å². The van der Waals surface area contributed by atoms with Crippen molar-refractivity contribution in [2.24, 2.45) is 0 Å². The van der Waals surface area contributed by atoms with Crippen molar-refractivity contribution in [3.05, 3.63) is 48.0 Å². The summed E-state index contributed by atoms with van der Waals surface area (Å²) in [4.78, 5) is 6.22. The number of fused-ring (bicyclic) bond motifs is 1. The second-order valence-corrected chi connectivity index (χ2v) is 11.2. The first-order valence-corrected chi connectivity index (χ1v) is 13.5. The fourth-order valence-electron chi connectivity index (χ4n) is 5.01. The van der Waals surface area contributed by atoms with Crippen LogP contribution in [0, 0.1) is 6.92 Å². The van der Waals surface area contributed by atoms with Crippen LogP contribution in [0.2, 0.25) is 0 Å². The van der Waals surface area contributed by atoms with Crippen LogP contribution >= 0.6 is 0 Å². The third-order valence-electron chi connectivity index (χ3n) is 6.87. The van der Waals surface area contributed by atoms with Crippen LogP contribution in [-0.4, -0.2) is 70.3 Å². The Morgan fingerprint density at radius 2 is 1.85 bits per heavy atom. The molecule has 0 saturated carbocycles. The minimum absolute atomic E-state index is 0.0924. The summed E-state index contributed by atoms with van der Waals surface area (Å²) in [7, 11) is -1.99. The van der Waals surface area contributed by atoms with Crippen LogP contribution in [0.3, 0.4) is 0 Å². The largest absolute Gasteiger partial charge is 0.382 e. The fourth-order valence-corrected chi connectivity index (χ4v) is 6.52. The van der Waals surface area contributed by atoms with E-state index in [0.29, 0.717) is 37.6 Å². The lowest BCUT2D eigenvalue weighted by Crippen LogP contribution is -2.30. The average molecular weight is 484 g/mol. The molecular formula is C26H33N3O4S. The monoisotopic (exact) mass is 483 g/mol. The Morgan fingerprint density at radius 3 is 2.65 bits per heavy atom. The number of sulfonamides is 1. The Bertz CT molecular complexity index is 1260. The maximum atomic E-state index is 13.6. The van der Waals surface area contributed by atoms with E-state index in [2.05, 4.69) is 41.1 Å². The van der Waals surface area contributed by atoms with E-state index in [1.807, 2.05) is 12.1 Å². The molecule has 0 radical (unpaired) electrons. The predicted octanol–water partition coefficient (Wildman–Crippen LogP) is 4.17. The first kappa shape index (κ1) is 23.4. The number of aromatic amines is 1. The summed E-state index contributed by atoms with van der Waals surface area (Å²) in [6.07, 6.45) is 2.92. The molecule has 2 aromatic carbocycles. The van der Waals surface area contributed by atoms with Crippen LogP contribution in [0.1, 0.15) is 24.8 Å². The van der Waals surface area contributed by atoms with Crippen molar-refractivity contribution in [1.82, 2.24) is 9.29 Å². The number of nitrogens with one attached hydrogen (secondary N) is 1. The van der Waals surface area contributed by atoms with Crippen molar-refractivity contribution in [3.63, 3.8) is 0 Å². The zero-order valence-electron chi connectivity index (χ0n) is 19.9. The minimum atomic E-state index is -3.62. The number of aryl methyl sites for hydroxylation is 1. The van der Waals surface area contributed by atoms with E-state index in [4.69, 9.17) is 9.47 Å². The van der Waals surface area contributed by atoms with Crippen molar-refractivity contribution in [2.75, 3.05) is 51.4 Å². The summed E-state index contributed by atoms with van der Waals surface area (Å²) in [6, 6.07) is 14.0. The van der Waals surface area contributed by atoms with Gasteiger partial charge in [-0.05, 0) is 62.1 Å². The van der Waals surface area contributed by atoms with Crippen molar-refractivity contribution < 1.29 is 17.9 Å². The van der Waals surface area contributed by atoms with Crippen LogP contribution < -0.4 is 4.90 Å². The third kappa shape index (κ3) is 4.60. The Morgan fingerprint density at radius 1 is 1.03 bits per heavy atom. The molecule has 7 nitrogen and oxygen atoms in total. The van der Waals surface area contributed by atoms with Gasteiger partial charge in [-0.3, -0.25) is 0 Å². The number of rotatable bonds is 8. The number of ether oxygens (including phenoxy) is 2. The van der Waals surface area contributed by atoms with Crippen molar-refractivity contribution in [3.8, 4) is 11.3 Å². The lowest BCUT2D eigenvalue weighted by Gasteiger charge is -2.23. The molecule has 5 rings (SSSR count). The molecule has 0 amide bonds. The number of hydrogen-bond acceptors (Lipinski definition) is 5. The molecule has 1 N–H and O–H groups in total. The highest BCUT2D eigenvalue weighted by Gasteiger charge is 2.33. The smallest absolute Gasteiger partial charge is 0.243 e. The molecule has 182 valence electrons. The van der Waals surface area contributed by atoms with Crippen LogP contribution in [0.25, 0.3) is 22.2 Å². The van der Waals surface area contributed by atoms with Crippen LogP contribution in [0.5, 0.6) is 0 Å². The first-order valence-electron chi connectivity index (χ1n) is 12.0. The second-order valence-electron chi connectivity index (χ2n) is 9.28. The van der Waals surface area contributed by atoms with Crippen LogP contribution in [0.4, 0.5) is 5.69 Å². The lowest BCUT2D eigenvalue weighted by atomic mass is 10.1. The summed E-state index contributed by atoms with van der Waals surface area (Å²) in [5.41, 5.74) is 5.21. The maximum Gasteiger partial charge on any atom is 0.243 e. The van der Waals surface area contributed by atoms with Gasteiger partial charge in [-0.1, -0.05) is 12.1 Å². The standard InChI is InChI=1S/C26H33N3O4S/c1-19-5-6-20-16-25(27-24(20)15-19)23-17-22(7-8-26(23)28-10-3-4-11-28)34(30,31)29-12-9-21(18-29)33-14-13-32-2/h5-8,15-17,21,27H,3-4,9-14,18H2,1-2H3. The minimum Gasteiger partial charge on any atom is -0.382 e. The summed E-state index contributed by atoms with van der Waals surface area (Å²) in [5.74, 6) is 0. The summed E-state index contributed by atoms with van der Waals surface area (Å²) in [5, 5.41) is 1.12. The molecule has 2 aliphatic heterocycles. The summed E-state index contributed by atoms with van der Waals surface area (Å²) >= 11 is 0. The molecule has 0 aliphatic carbocycles. The van der Waals surface area contributed by atoms with Gasteiger partial charge >= 0.3 is 0 Å². The van der Waals surface area contributed by atoms with Crippen molar-refractivity contribution in [1.29, 1.82) is 0 Å². The molecule has 2 saturated heterocycles. The van der Waals surface area contributed by atoms with Gasteiger partial charge in [-0.15, -0.1) is 0 Å². The molecule has 1 aromatic heterocycles. The van der Waals surface area contributed by atoms with Crippen LogP contribution in [0.15, 0.2) is 47.4 Å². The van der Waals surface area contributed by atoms with Gasteiger partial charge < -0.3 is 19.4 Å². The molecule has 0 bridgehead atoms. The molecule has 8 heteroatoms. The normalized spacial score (nSPS) is 19.5. The molecule has 1 unspecified atom stereocenters. The quantitative estimate of drug-likeness (QED) is 0.487. The van der Waals surface area contributed by atoms with E-state index in [1.54, 1.807) is 17.5 Å². The summed E-state index contributed by atoms with van der Waals surface area (Å²) < 4.78 is 39.5. The number of aromatic nitrogens is 1. The first-order chi connectivity index (χ1) is 16.5. The molecule has 2 fully saturated rings. The van der Waals surface area contributed by atoms with Gasteiger partial charge in [0.2, 0.25) is 10.0 Å². The van der Waals surface area contributed by atoms with Gasteiger partial charge in [0.1, 0.15) is 0 Å². The van der Waals surface area contributed by atoms with E-state index < -0.39 is 10.0 Å². The van der Waals surface area contributed by atoms with Gasteiger partial charge in [0.15, 0.2) is 0 Å². The Balaban J connectivity index is 1.49. The second kappa shape index (κ2) is 9.70. The van der Waals surface area contributed by atoms with E-state index >= 15 is 0 Å². The average Bonchev–Trinajstić information content (AvgIpc) is 3.59. The van der Waals surface area contributed by atoms with Crippen molar-refractivity contribution >= 4 is 26.6 Å². The zero-order valence-corrected chi connectivity index (χ0v) is 20.7. The number of H-pyrrole nitrogens is 1. The highest BCUT2D eigenvalue weighted by Crippen LogP contribution is 2.37. The molecule has 2 aliphatic rings. The van der Waals surface area contributed by atoms with Crippen LogP contribution in [-0.2, 0) is 19.5 Å². The number of hydrogen-bond donors (Lipinski definition) is 1. The molecule has 0 spiro atoms. The van der Waals surface area contributed by atoms with Gasteiger partial charge in [-0.2, -0.15) is 4.31 Å². The Kier molecular flexibility index (Phi) is 6.66. The topological polar surface area (TPSA) is 74.9 Å². The highest BCUT2D eigenvalue weighted by atomic mass is 32.2. The number of nitrogens with zero attached hydrogens (tertiary/aromatic N) is 2. The van der Waals surface area contributed by atoms with E-state index in [9.17, 15) is 8.42 Å². The Hall–Kier alpha value is -2.39. The highest BCUT2D eigenvalue weighted by molar-refractivity contribution is 7.89. The Labute approximate surface area is 201 Å². The maximum absolute atomic E-state index is 13.6. The van der Waals surface area contributed by atoms with Gasteiger partial charge in [-0.25, -0.2) is 8.42 Å². The van der Waals surface area contributed by atoms with Gasteiger partial charge in [0, 0.05) is 61.1 Å². The predicted molar refractivity (Wildman–Crippen MR) is 135 cm³/mol. The molecule has 3 heterocycles. The lowest BCUT2D eigenvalue weighted by molar-refractivity contribution is 0.0250. The number of methoxy groups -OCH3 is 1. The molecular weight excluding hydrogens is 450 g/mol. The molecule has 3 aromatic rings. The molecule has 1 atom stereocenters. The SMILES string of the molecule is COCCOC1CCN(S(=O)(=O)c2ccc(N3CCCC3)c(-c3cc4ccc(C)cc4[nH]3)c2)C1. The van der Waals surface area contributed by atoms with E-state index in [0.717, 1.165) is 53.8 Å². The molecule has 34 heavy (non-hydrogen) atoms.